The molecule has 2 atom stereocenters. The van der Waals surface area contributed by atoms with Gasteiger partial charge in [-0.05, 0) is 43.9 Å². The Morgan fingerprint density at radius 1 is 1.36 bits per heavy atom. The first-order valence-electron chi connectivity index (χ1n) is 7.21. The van der Waals surface area contributed by atoms with E-state index in [0.29, 0.717) is 17.7 Å². The van der Waals surface area contributed by atoms with Crippen molar-refractivity contribution >= 4 is 15.7 Å². The molecule has 0 bridgehead atoms. The van der Waals surface area contributed by atoms with Crippen molar-refractivity contribution in [2.45, 2.75) is 38.1 Å². The Bertz CT molecular complexity index is 688. The number of nitrogens with one attached hydrogen (secondary N) is 2. The highest BCUT2D eigenvalue weighted by molar-refractivity contribution is 7.89. The van der Waals surface area contributed by atoms with E-state index in [1.165, 1.54) is 6.07 Å². The van der Waals surface area contributed by atoms with Crippen molar-refractivity contribution in [3.8, 4) is 0 Å². The highest BCUT2D eigenvalue weighted by Gasteiger charge is 2.29. The minimum Gasteiger partial charge on any atom is -0.315 e. The monoisotopic (exact) mass is 327 g/mol. The number of non-ortho nitro benzene ring substituents is 1. The second-order valence-electron chi connectivity index (χ2n) is 5.84. The molecule has 2 rings (SSSR count). The molecule has 0 aliphatic carbocycles. The van der Waals surface area contributed by atoms with Crippen molar-refractivity contribution in [1.29, 1.82) is 0 Å². The third kappa shape index (κ3) is 3.45. The van der Waals surface area contributed by atoms with Crippen LogP contribution in [0, 0.1) is 29.9 Å². The van der Waals surface area contributed by atoms with E-state index in [4.69, 9.17) is 0 Å². The zero-order valence-electron chi connectivity index (χ0n) is 12.9. The van der Waals surface area contributed by atoms with Crippen LogP contribution in [0.5, 0.6) is 0 Å². The summed E-state index contributed by atoms with van der Waals surface area (Å²) in [6, 6.07) is 2.31. The first-order chi connectivity index (χ1) is 10.2. The van der Waals surface area contributed by atoms with Crippen LogP contribution in [-0.4, -0.2) is 32.5 Å². The van der Waals surface area contributed by atoms with Crippen molar-refractivity contribution in [1.82, 2.24) is 10.0 Å². The molecule has 2 N–H and O–H groups in total. The summed E-state index contributed by atoms with van der Waals surface area (Å²) in [7, 11) is -3.80. The van der Waals surface area contributed by atoms with E-state index in [0.717, 1.165) is 19.0 Å². The molecular weight excluding hydrogens is 306 g/mol. The van der Waals surface area contributed by atoms with Gasteiger partial charge >= 0.3 is 0 Å². The maximum absolute atomic E-state index is 12.6. The SMILES string of the molecule is Cc1cc([N+](=O)[O-])cc(S(=O)(=O)NC2CNCCC2C)c1C. The molecule has 1 aliphatic rings. The van der Waals surface area contributed by atoms with Crippen molar-refractivity contribution in [3.05, 3.63) is 33.4 Å². The fourth-order valence-electron chi connectivity index (χ4n) is 2.60. The number of nitro benzene ring substituents is 1. The largest absolute Gasteiger partial charge is 0.315 e. The molecule has 2 unspecified atom stereocenters. The van der Waals surface area contributed by atoms with E-state index in [9.17, 15) is 18.5 Å². The summed E-state index contributed by atoms with van der Waals surface area (Å²) in [6.45, 7) is 6.77. The molecule has 0 aromatic heterocycles. The van der Waals surface area contributed by atoms with Gasteiger partial charge in [-0.3, -0.25) is 10.1 Å². The van der Waals surface area contributed by atoms with Crippen molar-refractivity contribution in [2.24, 2.45) is 5.92 Å². The number of sulfonamides is 1. The van der Waals surface area contributed by atoms with Gasteiger partial charge in [0.1, 0.15) is 0 Å². The number of rotatable bonds is 4. The summed E-state index contributed by atoms with van der Waals surface area (Å²) < 4.78 is 27.9. The maximum atomic E-state index is 12.6. The van der Waals surface area contributed by atoms with Crippen LogP contribution in [0.3, 0.4) is 0 Å². The Morgan fingerprint density at radius 2 is 2.05 bits per heavy atom. The number of aryl methyl sites for hydroxylation is 1. The van der Waals surface area contributed by atoms with Crippen molar-refractivity contribution in [2.75, 3.05) is 13.1 Å². The van der Waals surface area contributed by atoms with Gasteiger partial charge in [-0.25, -0.2) is 13.1 Å². The van der Waals surface area contributed by atoms with Gasteiger partial charge in [-0.1, -0.05) is 6.92 Å². The second kappa shape index (κ2) is 6.31. The average molecular weight is 327 g/mol. The van der Waals surface area contributed by atoms with Gasteiger partial charge < -0.3 is 5.32 Å². The molecule has 1 aromatic carbocycles. The molecule has 22 heavy (non-hydrogen) atoms. The number of hydrogen-bond donors (Lipinski definition) is 2. The lowest BCUT2D eigenvalue weighted by Crippen LogP contribution is -2.50. The van der Waals surface area contributed by atoms with Crippen molar-refractivity contribution in [3.63, 3.8) is 0 Å². The standard InChI is InChI=1S/C14H21N3O4S/c1-9-4-5-15-8-13(9)16-22(20,21)14-7-12(17(18)19)6-10(2)11(14)3/h6-7,9,13,15-16H,4-5,8H2,1-3H3. The summed E-state index contributed by atoms with van der Waals surface area (Å²) in [6.07, 6.45) is 0.889. The molecule has 0 saturated carbocycles. The fourth-order valence-corrected chi connectivity index (χ4v) is 4.28. The van der Waals surface area contributed by atoms with Crippen LogP contribution in [0.15, 0.2) is 17.0 Å². The zero-order chi connectivity index (χ0) is 16.5. The maximum Gasteiger partial charge on any atom is 0.271 e. The molecule has 0 amide bonds. The first-order valence-corrected chi connectivity index (χ1v) is 8.69. The lowest BCUT2D eigenvalue weighted by Gasteiger charge is -2.30. The Kier molecular flexibility index (Phi) is 4.84. The quantitative estimate of drug-likeness (QED) is 0.644. The van der Waals surface area contributed by atoms with Crippen LogP contribution in [0.2, 0.25) is 0 Å². The first kappa shape index (κ1) is 16.9. The molecule has 7 nitrogen and oxygen atoms in total. The highest BCUT2D eigenvalue weighted by atomic mass is 32.2. The van der Waals surface area contributed by atoms with E-state index in [1.807, 2.05) is 6.92 Å². The Morgan fingerprint density at radius 3 is 2.64 bits per heavy atom. The van der Waals surface area contributed by atoms with Gasteiger partial charge in [0.25, 0.3) is 5.69 Å². The summed E-state index contributed by atoms with van der Waals surface area (Å²) in [4.78, 5) is 10.4. The number of piperidine rings is 1. The molecule has 8 heteroatoms. The molecular formula is C14H21N3O4S. The summed E-state index contributed by atoms with van der Waals surface area (Å²) in [5.74, 6) is 0.219. The van der Waals surface area contributed by atoms with Gasteiger partial charge in [0, 0.05) is 24.7 Å². The summed E-state index contributed by atoms with van der Waals surface area (Å²) in [5, 5.41) is 14.1. The van der Waals surface area contributed by atoms with E-state index in [2.05, 4.69) is 10.0 Å². The van der Waals surface area contributed by atoms with Gasteiger partial charge in [-0.15, -0.1) is 0 Å². The average Bonchev–Trinajstić information content (AvgIpc) is 2.43. The molecule has 0 radical (unpaired) electrons. The van der Waals surface area contributed by atoms with Crippen LogP contribution >= 0.6 is 0 Å². The van der Waals surface area contributed by atoms with E-state index in [1.54, 1.807) is 13.8 Å². The molecule has 1 aliphatic heterocycles. The van der Waals surface area contributed by atoms with Crippen LogP contribution in [0.4, 0.5) is 5.69 Å². The van der Waals surface area contributed by atoms with Crippen LogP contribution in [0.1, 0.15) is 24.5 Å². The summed E-state index contributed by atoms with van der Waals surface area (Å²) >= 11 is 0. The third-order valence-corrected chi connectivity index (χ3v) is 5.86. The van der Waals surface area contributed by atoms with Gasteiger partial charge in [0.05, 0.1) is 9.82 Å². The second-order valence-corrected chi connectivity index (χ2v) is 7.52. The smallest absolute Gasteiger partial charge is 0.271 e. The highest BCUT2D eigenvalue weighted by Crippen LogP contribution is 2.26. The van der Waals surface area contributed by atoms with Gasteiger partial charge in [-0.2, -0.15) is 0 Å². The predicted molar refractivity (Wildman–Crippen MR) is 83.3 cm³/mol. The van der Waals surface area contributed by atoms with E-state index in [-0.39, 0.29) is 22.5 Å². The van der Waals surface area contributed by atoms with Gasteiger partial charge in [0.15, 0.2) is 0 Å². The summed E-state index contributed by atoms with van der Waals surface area (Å²) in [5.41, 5.74) is 0.914. The molecule has 1 fully saturated rings. The topological polar surface area (TPSA) is 101 Å². The normalized spacial score (nSPS) is 22.5. The van der Waals surface area contributed by atoms with Gasteiger partial charge in [0.2, 0.25) is 10.0 Å². The molecule has 122 valence electrons. The van der Waals surface area contributed by atoms with E-state index < -0.39 is 14.9 Å². The third-order valence-electron chi connectivity index (χ3n) is 4.24. The lowest BCUT2D eigenvalue weighted by molar-refractivity contribution is -0.385. The Balaban J connectivity index is 2.38. The number of benzene rings is 1. The predicted octanol–water partition coefficient (Wildman–Crippen LogP) is 1.49. The van der Waals surface area contributed by atoms with Crippen LogP contribution in [0.25, 0.3) is 0 Å². The van der Waals surface area contributed by atoms with Crippen molar-refractivity contribution < 1.29 is 13.3 Å². The fraction of sp³-hybridized carbons (Fsp3) is 0.571. The lowest BCUT2D eigenvalue weighted by atomic mass is 9.96. The minimum absolute atomic E-state index is 0.0167. The number of hydrogen-bond acceptors (Lipinski definition) is 5. The number of nitrogens with zero attached hydrogens (tertiary/aromatic N) is 1. The zero-order valence-corrected chi connectivity index (χ0v) is 13.7. The molecule has 1 aromatic rings. The molecule has 1 saturated heterocycles. The van der Waals surface area contributed by atoms with E-state index >= 15 is 0 Å². The Labute approximate surface area is 130 Å². The molecule has 0 spiro atoms. The van der Waals surface area contributed by atoms with Crippen LogP contribution in [-0.2, 0) is 10.0 Å². The minimum atomic E-state index is -3.80. The molecule has 1 heterocycles. The van der Waals surface area contributed by atoms with Crippen LogP contribution < -0.4 is 10.0 Å². The number of nitro groups is 1. The Hall–Kier alpha value is -1.51.